The van der Waals surface area contributed by atoms with Crippen LogP contribution in [-0.2, 0) is 9.59 Å². The SMILES string of the molecule is CCN(CC)CC#CCC1(CC)C(=O)NC(=O)NC1=O. The first-order valence-corrected chi connectivity index (χ1v) is 6.85. The van der Waals surface area contributed by atoms with Gasteiger partial charge in [-0.1, -0.05) is 26.7 Å². The van der Waals surface area contributed by atoms with E-state index in [0.29, 0.717) is 13.0 Å². The minimum Gasteiger partial charge on any atom is -0.293 e. The summed E-state index contributed by atoms with van der Waals surface area (Å²) in [6.07, 6.45) is 0.424. The molecule has 4 amide bonds. The van der Waals surface area contributed by atoms with E-state index in [9.17, 15) is 14.4 Å². The smallest absolute Gasteiger partial charge is 0.293 e. The van der Waals surface area contributed by atoms with Gasteiger partial charge in [-0.2, -0.15) is 0 Å². The van der Waals surface area contributed by atoms with Crippen LogP contribution >= 0.6 is 0 Å². The van der Waals surface area contributed by atoms with Gasteiger partial charge in [-0.05, 0) is 19.5 Å². The van der Waals surface area contributed by atoms with Crippen molar-refractivity contribution in [1.82, 2.24) is 15.5 Å². The number of carbonyl (C=O) groups is 3. The molecule has 0 unspecified atom stereocenters. The molecule has 0 bridgehead atoms. The van der Waals surface area contributed by atoms with Crippen LogP contribution in [0, 0.1) is 17.3 Å². The van der Waals surface area contributed by atoms with Gasteiger partial charge in [-0.15, -0.1) is 5.92 Å². The number of imide groups is 2. The van der Waals surface area contributed by atoms with Gasteiger partial charge >= 0.3 is 6.03 Å². The van der Waals surface area contributed by atoms with E-state index in [1.54, 1.807) is 6.92 Å². The predicted octanol–water partition coefficient (Wildman–Crippen LogP) is 0.484. The Labute approximate surface area is 119 Å². The van der Waals surface area contributed by atoms with E-state index in [0.717, 1.165) is 13.1 Å². The summed E-state index contributed by atoms with van der Waals surface area (Å²) in [5.41, 5.74) is -1.26. The van der Waals surface area contributed by atoms with Crippen molar-refractivity contribution in [2.45, 2.75) is 33.6 Å². The lowest BCUT2D eigenvalue weighted by Crippen LogP contribution is -2.62. The van der Waals surface area contributed by atoms with Crippen LogP contribution in [0.5, 0.6) is 0 Å². The number of carbonyl (C=O) groups excluding carboxylic acids is 3. The topological polar surface area (TPSA) is 78.5 Å². The predicted molar refractivity (Wildman–Crippen MR) is 74.6 cm³/mol. The first-order chi connectivity index (χ1) is 9.50. The zero-order valence-electron chi connectivity index (χ0n) is 12.2. The molecule has 0 radical (unpaired) electrons. The maximum Gasteiger partial charge on any atom is 0.328 e. The molecule has 6 heteroatoms. The van der Waals surface area contributed by atoms with Crippen LogP contribution in [-0.4, -0.2) is 42.4 Å². The second-order valence-electron chi connectivity index (χ2n) is 4.66. The van der Waals surface area contributed by atoms with Gasteiger partial charge in [0.1, 0.15) is 5.41 Å². The van der Waals surface area contributed by atoms with Gasteiger partial charge in [0.05, 0.1) is 6.54 Å². The third-order valence-electron chi connectivity index (χ3n) is 3.64. The zero-order valence-corrected chi connectivity index (χ0v) is 12.2. The molecule has 20 heavy (non-hydrogen) atoms. The number of hydrogen-bond acceptors (Lipinski definition) is 4. The van der Waals surface area contributed by atoms with E-state index in [4.69, 9.17) is 0 Å². The van der Waals surface area contributed by atoms with Crippen LogP contribution < -0.4 is 10.6 Å². The maximum absolute atomic E-state index is 11.9. The molecule has 0 aromatic heterocycles. The average Bonchev–Trinajstić information content (AvgIpc) is 2.42. The van der Waals surface area contributed by atoms with Gasteiger partial charge in [0, 0.05) is 6.42 Å². The summed E-state index contributed by atoms with van der Waals surface area (Å²) in [6, 6.07) is -0.764. The Kier molecular flexibility index (Phi) is 5.71. The number of amides is 4. The van der Waals surface area contributed by atoms with Crippen molar-refractivity contribution >= 4 is 17.8 Å². The van der Waals surface area contributed by atoms with Crippen LogP contribution in [0.3, 0.4) is 0 Å². The van der Waals surface area contributed by atoms with E-state index < -0.39 is 23.3 Å². The summed E-state index contributed by atoms with van der Waals surface area (Å²) in [6.45, 7) is 8.24. The Morgan fingerprint density at radius 3 is 2.00 bits per heavy atom. The van der Waals surface area contributed by atoms with Crippen LogP contribution in [0.25, 0.3) is 0 Å². The van der Waals surface area contributed by atoms with Crippen molar-refractivity contribution in [3.8, 4) is 11.8 Å². The van der Waals surface area contributed by atoms with Crippen molar-refractivity contribution < 1.29 is 14.4 Å². The lowest BCUT2D eigenvalue weighted by Gasteiger charge is -2.31. The molecule has 1 fully saturated rings. The molecule has 1 aliphatic rings. The molecular formula is C14H21N3O3. The van der Waals surface area contributed by atoms with Crippen molar-refractivity contribution in [2.24, 2.45) is 5.41 Å². The Morgan fingerprint density at radius 1 is 1.00 bits per heavy atom. The van der Waals surface area contributed by atoms with Crippen molar-refractivity contribution in [3.63, 3.8) is 0 Å². The summed E-state index contributed by atoms with van der Waals surface area (Å²) < 4.78 is 0. The second kappa shape index (κ2) is 7.06. The highest BCUT2D eigenvalue weighted by Gasteiger charge is 2.48. The fraction of sp³-hybridized carbons (Fsp3) is 0.643. The van der Waals surface area contributed by atoms with Crippen LogP contribution in [0.15, 0.2) is 0 Å². The Bertz CT molecular complexity index is 438. The number of rotatable bonds is 5. The van der Waals surface area contributed by atoms with E-state index in [1.165, 1.54) is 0 Å². The first-order valence-electron chi connectivity index (χ1n) is 6.85. The quantitative estimate of drug-likeness (QED) is 0.567. The summed E-state index contributed by atoms with van der Waals surface area (Å²) in [5.74, 6) is 4.75. The van der Waals surface area contributed by atoms with E-state index >= 15 is 0 Å². The molecule has 0 aliphatic carbocycles. The number of barbiturate groups is 1. The highest BCUT2D eigenvalue weighted by atomic mass is 16.2. The van der Waals surface area contributed by atoms with Crippen molar-refractivity contribution in [1.29, 1.82) is 0 Å². The Balaban J connectivity index is 2.76. The Morgan fingerprint density at radius 2 is 1.55 bits per heavy atom. The summed E-state index contributed by atoms with van der Waals surface area (Å²) in [4.78, 5) is 37.1. The lowest BCUT2D eigenvalue weighted by molar-refractivity contribution is -0.144. The number of urea groups is 1. The van der Waals surface area contributed by atoms with Gasteiger partial charge in [-0.3, -0.25) is 25.1 Å². The van der Waals surface area contributed by atoms with E-state index in [2.05, 4.69) is 27.4 Å². The van der Waals surface area contributed by atoms with E-state index in [1.807, 2.05) is 13.8 Å². The fourth-order valence-corrected chi connectivity index (χ4v) is 2.01. The standard InChI is InChI=1S/C14H21N3O3/c1-4-14(9-7-8-10-17(5-2)6-3)11(18)15-13(20)16-12(14)19/h4-6,9-10H2,1-3H3,(H2,15,16,18,19,20). The third kappa shape index (κ3) is 3.36. The molecule has 0 spiro atoms. The molecule has 6 nitrogen and oxygen atoms in total. The van der Waals surface area contributed by atoms with Crippen LogP contribution in [0.2, 0.25) is 0 Å². The molecule has 0 aromatic carbocycles. The number of nitrogens with one attached hydrogen (secondary N) is 2. The molecule has 0 saturated carbocycles. The van der Waals surface area contributed by atoms with Gasteiger partial charge in [0.25, 0.3) is 0 Å². The summed E-state index contributed by atoms with van der Waals surface area (Å²) in [5, 5.41) is 4.27. The zero-order chi connectivity index (χ0) is 15.2. The van der Waals surface area contributed by atoms with Crippen molar-refractivity contribution in [2.75, 3.05) is 19.6 Å². The normalized spacial score (nSPS) is 17.3. The first kappa shape index (κ1) is 16.2. The molecule has 110 valence electrons. The number of hydrogen-bond donors (Lipinski definition) is 2. The number of nitrogens with zero attached hydrogens (tertiary/aromatic N) is 1. The molecule has 1 saturated heterocycles. The largest absolute Gasteiger partial charge is 0.328 e. The van der Waals surface area contributed by atoms with Crippen LogP contribution in [0.4, 0.5) is 4.79 Å². The fourth-order valence-electron chi connectivity index (χ4n) is 2.01. The molecule has 0 atom stereocenters. The monoisotopic (exact) mass is 279 g/mol. The average molecular weight is 279 g/mol. The van der Waals surface area contributed by atoms with Gasteiger partial charge in [-0.25, -0.2) is 4.79 Å². The maximum atomic E-state index is 11.9. The summed E-state index contributed by atoms with van der Waals surface area (Å²) in [7, 11) is 0. The Hall–Kier alpha value is -1.87. The highest BCUT2D eigenvalue weighted by Crippen LogP contribution is 2.28. The second-order valence-corrected chi connectivity index (χ2v) is 4.66. The van der Waals surface area contributed by atoms with Gasteiger partial charge in [0.15, 0.2) is 0 Å². The molecule has 1 heterocycles. The third-order valence-corrected chi connectivity index (χ3v) is 3.64. The van der Waals surface area contributed by atoms with E-state index in [-0.39, 0.29) is 6.42 Å². The van der Waals surface area contributed by atoms with Gasteiger partial charge < -0.3 is 0 Å². The minimum absolute atomic E-state index is 0.121. The van der Waals surface area contributed by atoms with Crippen LogP contribution in [0.1, 0.15) is 33.6 Å². The molecular weight excluding hydrogens is 258 g/mol. The minimum atomic E-state index is -1.26. The molecule has 1 aliphatic heterocycles. The lowest BCUT2D eigenvalue weighted by atomic mass is 9.79. The molecule has 0 aromatic rings. The van der Waals surface area contributed by atoms with Gasteiger partial charge in [0.2, 0.25) is 11.8 Å². The summed E-state index contributed by atoms with van der Waals surface area (Å²) >= 11 is 0. The molecule has 2 N–H and O–H groups in total. The molecule has 1 rings (SSSR count). The highest BCUT2D eigenvalue weighted by molar-refractivity contribution is 6.19. The van der Waals surface area contributed by atoms with Crippen molar-refractivity contribution in [3.05, 3.63) is 0 Å².